The third-order valence-corrected chi connectivity index (χ3v) is 4.64. The highest BCUT2D eigenvalue weighted by Gasteiger charge is 2.54. The molecule has 1 nitrogen and oxygen atoms in total. The van der Waals surface area contributed by atoms with Gasteiger partial charge in [0.2, 0.25) is 0 Å². The summed E-state index contributed by atoms with van der Waals surface area (Å²) in [6.07, 6.45) is 1.02. The smallest absolute Gasteiger partial charge is 0.0185 e. The van der Waals surface area contributed by atoms with Gasteiger partial charge in [-0.3, -0.25) is 0 Å². The predicted molar refractivity (Wildman–Crippen MR) is 74.1 cm³/mol. The molecule has 1 unspecified atom stereocenters. The third-order valence-electron chi connectivity index (χ3n) is 4.64. The summed E-state index contributed by atoms with van der Waals surface area (Å²) in [7, 11) is 0. The highest BCUT2D eigenvalue weighted by atomic mass is 14.8. The number of rotatable bonds is 1. The molecule has 0 heterocycles. The lowest BCUT2D eigenvalue weighted by Gasteiger charge is -2.49. The molecule has 0 spiro atoms. The van der Waals surface area contributed by atoms with Crippen LogP contribution in [0.4, 0.5) is 0 Å². The lowest BCUT2D eigenvalue weighted by atomic mass is 9.56. The zero-order valence-electron chi connectivity index (χ0n) is 11.7. The van der Waals surface area contributed by atoms with Gasteiger partial charge in [-0.25, -0.2) is 0 Å². The van der Waals surface area contributed by atoms with Gasteiger partial charge in [-0.1, -0.05) is 58.9 Å². The van der Waals surface area contributed by atoms with Gasteiger partial charge in [0.1, 0.15) is 0 Å². The first-order chi connectivity index (χ1) is 7.81. The summed E-state index contributed by atoms with van der Waals surface area (Å²) in [5.74, 6) is 0.557. The van der Waals surface area contributed by atoms with Gasteiger partial charge >= 0.3 is 0 Å². The standard InChI is InChI=1S/C16H25N/c1-11(2)16(15(3,4)5)13-9-7-6-8-12(13)10-14(16)17/h6-9,11,14H,10,17H2,1-5H3/t14-,16?/m1/s1. The number of nitrogens with two attached hydrogens (primary N) is 1. The molecular weight excluding hydrogens is 206 g/mol. The Morgan fingerprint density at radius 1 is 1.24 bits per heavy atom. The number of benzene rings is 1. The minimum absolute atomic E-state index is 0.101. The van der Waals surface area contributed by atoms with E-state index < -0.39 is 0 Å². The van der Waals surface area contributed by atoms with Crippen molar-refractivity contribution < 1.29 is 0 Å². The molecule has 0 saturated carbocycles. The first-order valence-corrected chi connectivity index (χ1v) is 6.65. The molecule has 0 aliphatic heterocycles. The summed E-state index contributed by atoms with van der Waals surface area (Å²) < 4.78 is 0. The van der Waals surface area contributed by atoms with Gasteiger partial charge in [0, 0.05) is 11.5 Å². The van der Waals surface area contributed by atoms with Gasteiger partial charge in [-0.05, 0) is 28.9 Å². The van der Waals surface area contributed by atoms with Crippen LogP contribution in [0.15, 0.2) is 24.3 Å². The van der Waals surface area contributed by atoms with E-state index in [-0.39, 0.29) is 16.9 Å². The minimum Gasteiger partial charge on any atom is -0.327 e. The second kappa shape index (κ2) is 3.84. The molecule has 0 amide bonds. The maximum absolute atomic E-state index is 6.55. The Hall–Kier alpha value is -0.820. The van der Waals surface area contributed by atoms with Crippen LogP contribution < -0.4 is 5.73 Å². The monoisotopic (exact) mass is 231 g/mol. The number of hydrogen-bond acceptors (Lipinski definition) is 1. The van der Waals surface area contributed by atoms with Gasteiger partial charge in [0.05, 0.1) is 0 Å². The zero-order chi connectivity index (χ0) is 12.8. The van der Waals surface area contributed by atoms with E-state index >= 15 is 0 Å². The third kappa shape index (κ3) is 1.55. The SMILES string of the molecule is CC(C)C1(C(C)(C)C)c2ccccc2C[C@H]1N. The van der Waals surface area contributed by atoms with Crippen molar-refractivity contribution in [3.05, 3.63) is 35.4 Å². The van der Waals surface area contributed by atoms with Crippen LogP contribution in [0.2, 0.25) is 0 Å². The molecule has 1 aromatic carbocycles. The molecule has 94 valence electrons. The quantitative estimate of drug-likeness (QED) is 0.786. The fourth-order valence-corrected chi connectivity index (χ4v) is 4.26. The molecule has 1 aliphatic rings. The van der Waals surface area contributed by atoms with E-state index in [1.807, 2.05) is 0 Å². The van der Waals surface area contributed by atoms with Crippen molar-refractivity contribution in [3.63, 3.8) is 0 Å². The van der Waals surface area contributed by atoms with Crippen LogP contribution in [0.3, 0.4) is 0 Å². The highest BCUT2D eigenvalue weighted by Crippen LogP contribution is 2.54. The fraction of sp³-hybridized carbons (Fsp3) is 0.625. The highest BCUT2D eigenvalue weighted by molar-refractivity contribution is 5.44. The van der Waals surface area contributed by atoms with Crippen molar-refractivity contribution in [2.45, 2.75) is 52.5 Å². The van der Waals surface area contributed by atoms with E-state index in [9.17, 15) is 0 Å². The molecule has 0 radical (unpaired) electrons. The second-order valence-electron chi connectivity index (χ2n) is 6.74. The summed E-state index contributed by atoms with van der Waals surface area (Å²) in [5, 5.41) is 0. The van der Waals surface area contributed by atoms with E-state index in [2.05, 4.69) is 58.9 Å². The lowest BCUT2D eigenvalue weighted by Crippen LogP contribution is -2.54. The van der Waals surface area contributed by atoms with E-state index in [1.165, 1.54) is 11.1 Å². The second-order valence-corrected chi connectivity index (χ2v) is 6.74. The molecule has 0 bridgehead atoms. The van der Waals surface area contributed by atoms with Crippen LogP contribution in [0.25, 0.3) is 0 Å². The summed E-state index contributed by atoms with van der Waals surface area (Å²) in [6, 6.07) is 9.04. The van der Waals surface area contributed by atoms with Crippen LogP contribution in [-0.4, -0.2) is 6.04 Å². The normalized spacial score (nSPS) is 28.5. The van der Waals surface area contributed by atoms with Crippen LogP contribution in [0.5, 0.6) is 0 Å². The zero-order valence-corrected chi connectivity index (χ0v) is 11.7. The van der Waals surface area contributed by atoms with Crippen molar-refractivity contribution in [3.8, 4) is 0 Å². The van der Waals surface area contributed by atoms with Crippen molar-refractivity contribution in [1.82, 2.24) is 0 Å². The predicted octanol–water partition coefficient (Wildman–Crippen LogP) is 3.51. The average molecular weight is 231 g/mol. The maximum atomic E-state index is 6.55. The van der Waals surface area contributed by atoms with Crippen LogP contribution in [0, 0.1) is 11.3 Å². The molecule has 2 N–H and O–H groups in total. The maximum Gasteiger partial charge on any atom is 0.0185 e. The molecule has 0 fully saturated rings. The summed E-state index contributed by atoms with van der Waals surface area (Å²) in [4.78, 5) is 0. The van der Waals surface area contributed by atoms with Crippen molar-refractivity contribution in [1.29, 1.82) is 0 Å². The van der Waals surface area contributed by atoms with Crippen molar-refractivity contribution in [2.24, 2.45) is 17.1 Å². The molecule has 0 aromatic heterocycles. The fourth-order valence-electron chi connectivity index (χ4n) is 4.26. The molecule has 2 atom stereocenters. The minimum atomic E-state index is 0.101. The average Bonchev–Trinajstić information content (AvgIpc) is 2.49. The van der Waals surface area contributed by atoms with Crippen LogP contribution in [0.1, 0.15) is 45.7 Å². The summed E-state index contributed by atoms with van der Waals surface area (Å²) in [6.45, 7) is 11.6. The van der Waals surface area contributed by atoms with Crippen LogP contribution >= 0.6 is 0 Å². The van der Waals surface area contributed by atoms with Crippen molar-refractivity contribution >= 4 is 0 Å². The van der Waals surface area contributed by atoms with Gasteiger partial charge in [0.25, 0.3) is 0 Å². The first kappa shape index (κ1) is 12.6. The molecule has 0 saturated heterocycles. The van der Waals surface area contributed by atoms with E-state index in [0.717, 1.165) is 6.42 Å². The number of fused-ring (bicyclic) bond motifs is 1. The topological polar surface area (TPSA) is 26.0 Å². The largest absolute Gasteiger partial charge is 0.327 e. The Morgan fingerprint density at radius 2 is 1.82 bits per heavy atom. The number of hydrogen-bond donors (Lipinski definition) is 1. The van der Waals surface area contributed by atoms with Crippen LogP contribution in [-0.2, 0) is 11.8 Å². The Morgan fingerprint density at radius 3 is 2.35 bits per heavy atom. The Balaban J connectivity index is 2.69. The molecule has 1 heteroatoms. The first-order valence-electron chi connectivity index (χ1n) is 6.65. The molecule has 1 aliphatic carbocycles. The Bertz CT molecular complexity index is 414. The van der Waals surface area contributed by atoms with Gasteiger partial charge in [0.15, 0.2) is 0 Å². The van der Waals surface area contributed by atoms with Crippen molar-refractivity contribution in [2.75, 3.05) is 0 Å². The Labute approximate surface area is 105 Å². The molecule has 17 heavy (non-hydrogen) atoms. The van der Waals surface area contributed by atoms with E-state index in [0.29, 0.717) is 5.92 Å². The van der Waals surface area contributed by atoms with Gasteiger partial charge < -0.3 is 5.73 Å². The Kier molecular flexibility index (Phi) is 2.86. The molecule has 1 aromatic rings. The van der Waals surface area contributed by atoms with E-state index in [1.54, 1.807) is 0 Å². The molecular formula is C16H25N. The van der Waals surface area contributed by atoms with Gasteiger partial charge in [-0.15, -0.1) is 0 Å². The summed E-state index contributed by atoms with van der Waals surface area (Å²) in [5.41, 5.74) is 9.77. The summed E-state index contributed by atoms with van der Waals surface area (Å²) >= 11 is 0. The van der Waals surface area contributed by atoms with Gasteiger partial charge in [-0.2, -0.15) is 0 Å². The lowest BCUT2D eigenvalue weighted by molar-refractivity contribution is 0.102. The van der Waals surface area contributed by atoms with E-state index in [4.69, 9.17) is 5.73 Å². The molecule has 2 rings (SSSR count).